The van der Waals surface area contributed by atoms with Crippen molar-refractivity contribution in [3.63, 3.8) is 0 Å². The van der Waals surface area contributed by atoms with Gasteiger partial charge in [-0.2, -0.15) is 4.72 Å². The smallest absolute Gasteiger partial charge is 0.318 e. The molecule has 0 saturated heterocycles. The first-order chi connectivity index (χ1) is 10.2. The molecule has 1 heterocycles. The molecule has 0 saturated carbocycles. The van der Waals surface area contributed by atoms with Gasteiger partial charge in [0.05, 0.1) is 17.1 Å². The van der Waals surface area contributed by atoms with Gasteiger partial charge in [-0.1, -0.05) is 0 Å². The molecule has 0 fully saturated rings. The van der Waals surface area contributed by atoms with E-state index in [4.69, 9.17) is 9.84 Å². The lowest BCUT2D eigenvalue weighted by Crippen LogP contribution is -2.41. The van der Waals surface area contributed by atoms with E-state index in [2.05, 4.69) is 0 Å². The molecule has 1 aromatic rings. The number of carboxylic acids is 1. The molecule has 1 atom stereocenters. The third kappa shape index (κ3) is 3.37. The molecule has 120 valence electrons. The molecular formula is C13H16N2O6S. The Balaban J connectivity index is 2.40. The molecule has 22 heavy (non-hydrogen) atoms. The average Bonchev–Trinajstić information content (AvgIpc) is 2.43. The molecule has 0 radical (unpaired) electrons. The molecule has 0 bridgehead atoms. The van der Waals surface area contributed by atoms with E-state index in [1.165, 1.54) is 30.0 Å². The van der Waals surface area contributed by atoms with Gasteiger partial charge >= 0.3 is 5.97 Å². The van der Waals surface area contributed by atoms with Crippen molar-refractivity contribution >= 4 is 27.6 Å². The number of carboxylic acid groups (broad SMARTS) is 1. The number of hydrogen-bond donors (Lipinski definition) is 2. The fraction of sp³-hybridized carbons (Fsp3) is 0.385. The Hall–Kier alpha value is -2.13. The van der Waals surface area contributed by atoms with Crippen molar-refractivity contribution in [1.82, 2.24) is 4.72 Å². The zero-order valence-corrected chi connectivity index (χ0v) is 12.9. The molecule has 1 unspecified atom stereocenters. The molecule has 0 aromatic heterocycles. The van der Waals surface area contributed by atoms with Gasteiger partial charge < -0.3 is 14.7 Å². The zero-order chi connectivity index (χ0) is 16.5. The molecular weight excluding hydrogens is 312 g/mol. The number of amides is 1. The first kappa shape index (κ1) is 16.2. The molecule has 9 heteroatoms. The average molecular weight is 328 g/mol. The number of fused-ring (bicyclic) bond motifs is 1. The van der Waals surface area contributed by atoms with E-state index < -0.39 is 22.5 Å². The third-order valence-electron chi connectivity index (χ3n) is 3.09. The highest BCUT2D eigenvalue weighted by Crippen LogP contribution is 2.35. The minimum Gasteiger partial charge on any atom is -0.487 e. The van der Waals surface area contributed by atoms with Crippen molar-refractivity contribution in [1.29, 1.82) is 0 Å². The Bertz CT molecular complexity index is 715. The van der Waals surface area contributed by atoms with Gasteiger partial charge in [0.25, 0.3) is 0 Å². The second kappa shape index (κ2) is 5.93. The number of nitrogens with one attached hydrogen (secondary N) is 1. The topological polar surface area (TPSA) is 113 Å². The van der Waals surface area contributed by atoms with Crippen LogP contribution in [0.1, 0.15) is 13.8 Å². The van der Waals surface area contributed by atoms with Crippen LogP contribution in [0.3, 0.4) is 0 Å². The summed E-state index contributed by atoms with van der Waals surface area (Å²) in [5.41, 5.74) is 0.351. The van der Waals surface area contributed by atoms with Crippen molar-refractivity contribution < 1.29 is 27.9 Å². The number of ether oxygens (including phenoxy) is 1. The van der Waals surface area contributed by atoms with Crippen molar-refractivity contribution in [2.24, 2.45) is 0 Å². The van der Waals surface area contributed by atoms with Crippen LogP contribution in [0.2, 0.25) is 0 Å². The van der Waals surface area contributed by atoms with Crippen LogP contribution < -0.4 is 14.4 Å². The number of hydrogen-bond acceptors (Lipinski definition) is 5. The lowest BCUT2D eigenvalue weighted by molar-refractivity contribution is -0.135. The highest BCUT2D eigenvalue weighted by molar-refractivity contribution is 7.89. The van der Waals surface area contributed by atoms with Crippen LogP contribution in [0.25, 0.3) is 0 Å². The maximum atomic E-state index is 12.0. The summed E-state index contributed by atoms with van der Waals surface area (Å²) in [5.74, 6) is -1.11. The molecule has 1 aromatic carbocycles. The van der Waals surface area contributed by atoms with Crippen molar-refractivity contribution in [2.75, 3.05) is 18.0 Å². The standard InChI is InChI=1S/C13H16N2O6S/c1-8-7-15(9(2)16)11-5-10(3-4-12(11)21-8)22(19,20)14-6-13(17)18/h3-5,8,14H,6-7H2,1-2H3,(H,17,18). The van der Waals surface area contributed by atoms with E-state index in [1.54, 1.807) is 6.92 Å². The number of sulfonamides is 1. The van der Waals surface area contributed by atoms with Gasteiger partial charge in [-0.25, -0.2) is 8.42 Å². The maximum absolute atomic E-state index is 12.0. The van der Waals surface area contributed by atoms with E-state index in [0.29, 0.717) is 18.0 Å². The van der Waals surface area contributed by atoms with Crippen LogP contribution in [0.5, 0.6) is 5.75 Å². The van der Waals surface area contributed by atoms with Crippen LogP contribution in [-0.4, -0.2) is 44.6 Å². The predicted molar refractivity (Wildman–Crippen MR) is 77.4 cm³/mol. The Morgan fingerprint density at radius 2 is 2.14 bits per heavy atom. The third-order valence-corrected chi connectivity index (χ3v) is 4.49. The number of anilines is 1. The number of carbonyl (C=O) groups excluding carboxylic acids is 1. The number of carbonyl (C=O) groups is 2. The summed E-state index contributed by atoms with van der Waals surface area (Å²) in [6, 6.07) is 4.06. The molecule has 1 amide bonds. The van der Waals surface area contributed by atoms with Gasteiger partial charge in [-0.3, -0.25) is 9.59 Å². The van der Waals surface area contributed by atoms with Crippen molar-refractivity contribution in [3.8, 4) is 5.75 Å². The molecule has 8 nitrogen and oxygen atoms in total. The minimum absolute atomic E-state index is 0.128. The van der Waals surface area contributed by atoms with Gasteiger partial charge in [0.15, 0.2) is 0 Å². The summed E-state index contributed by atoms with van der Waals surface area (Å²) in [4.78, 5) is 23.5. The number of nitrogens with zero attached hydrogens (tertiary/aromatic N) is 1. The van der Waals surface area contributed by atoms with Gasteiger partial charge in [-0.05, 0) is 25.1 Å². The number of rotatable bonds is 4. The van der Waals surface area contributed by atoms with E-state index in [1.807, 2.05) is 4.72 Å². The highest BCUT2D eigenvalue weighted by atomic mass is 32.2. The quantitative estimate of drug-likeness (QED) is 0.815. The Morgan fingerprint density at radius 3 is 2.73 bits per heavy atom. The van der Waals surface area contributed by atoms with Crippen molar-refractivity contribution in [3.05, 3.63) is 18.2 Å². The largest absolute Gasteiger partial charge is 0.487 e. The minimum atomic E-state index is -3.98. The van der Waals surface area contributed by atoms with E-state index >= 15 is 0 Å². The summed E-state index contributed by atoms with van der Waals surface area (Å²) < 4.78 is 31.6. The second-order valence-corrected chi connectivity index (χ2v) is 6.67. The molecule has 1 aliphatic heterocycles. The van der Waals surface area contributed by atoms with Crippen molar-refractivity contribution in [2.45, 2.75) is 24.8 Å². The Kier molecular flexibility index (Phi) is 4.38. The molecule has 2 N–H and O–H groups in total. The predicted octanol–water partition coefficient (Wildman–Crippen LogP) is 0.183. The highest BCUT2D eigenvalue weighted by Gasteiger charge is 2.27. The molecule has 0 aliphatic carbocycles. The second-order valence-electron chi connectivity index (χ2n) is 4.91. The van der Waals surface area contributed by atoms with Gasteiger partial charge in [-0.15, -0.1) is 0 Å². The Morgan fingerprint density at radius 1 is 1.45 bits per heavy atom. The van der Waals surface area contributed by atoms with Crippen LogP contribution in [0, 0.1) is 0 Å². The zero-order valence-electron chi connectivity index (χ0n) is 12.1. The molecule has 0 spiro atoms. The Labute approximate surface area is 127 Å². The summed E-state index contributed by atoms with van der Waals surface area (Å²) in [7, 11) is -3.98. The normalized spacial score (nSPS) is 17.5. The number of benzene rings is 1. The fourth-order valence-electron chi connectivity index (χ4n) is 2.12. The molecule has 1 aliphatic rings. The summed E-state index contributed by atoms with van der Waals surface area (Å²) >= 11 is 0. The summed E-state index contributed by atoms with van der Waals surface area (Å²) in [5, 5.41) is 8.56. The maximum Gasteiger partial charge on any atom is 0.318 e. The van der Waals surface area contributed by atoms with Gasteiger partial charge in [0.1, 0.15) is 18.4 Å². The first-order valence-corrected chi connectivity index (χ1v) is 7.99. The van der Waals surface area contributed by atoms with E-state index in [-0.39, 0.29) is 16.9 Å². The van der Waals surface area contributed by atoms with Crippen LogP contribution >= 0.6 is 0 Å². The van der Waals surface area contributed by atoms with Crippen LogP contribution in [0.15, 0.2) is 23.1 Å². The fourth-order valence-corrected chi connectivity index (χ4v) is 3.12. The first-order valence-electron chi connectivity index (χ1n) is 6.51. The van der Waals surface area contributed by atoms with Gasteiger partial charge in [0, 0.05) is 6.92 Å². The van der Waals surface area contributed by atoms with Crippen LogP contribution in [-0.2, 0) is 19.6 Å². The summed E-state index contributed by atoms with van der Waals surface area (Å²) in [6.45, 7) is 2.78. The van der Waals surface area contributed by atoms with Crippen LogP contribution in [0.4, 0.5) is 5.69 Å². The monoisotopic (exact) mass is 328 g/mol. The SMILES string of the molecule is CC(=O)N1CC(C)Oc2ccc(S(=O)(=O)NCC(=O)O)cc21. The lowest BCUT2D eigenvalue weighted by atomic mass is 10.2. The number of aliphatic carboxylic acids is 1. The molecule has 2 rings (SSSR count). The summed E-state index contributed by atoms with van der Waals surface area (Å²) in [6.07, 6.45) is -0.205. The van der Waals surface area contributed by atoms with E-state index in [0.717, 1.165) is 0 Å². The lowest BCUT2D eigenvalue weighted by Gasteiger charge is -2.33. The van der Waals surface area contributed by atoms with E-state index in [9.17, 15) is 18.0 Å². The van der Waals surface area contributed by atoms with Gasteiger partial charge in [0.2, 0.25) is 15.9 Å².